The number of amides is 2. The monoisotopic (exact) mass is 279 g/mol. The van der Waals surface area contributed by atoms with Gasteiger partial charge in [-0.25, -0.2) is 4.39 Å². The number of hydrogen-bond donors (Lipinski definition) is 2. The molecule has 1 unspecified atom stereocenters. The van der Waals surface area contributed by atoms with Gasteiger partial charge in [-0.2, -0.15) is 0 Å². The fourth-order valence-corrected chi connectivity index (χ4v) is 2.15. The summed E-state index contributed by atoms with van der Waals surface area (Å²) in [5, 5.41) is 5.80. The molecule has 2 rings (SSSR count). The minimum atomic E-state index is -0.337. The average molecular weight is 279 g/mol. The second-order valence-electron chi connectivity index (χ2n) is 4.95. The van der Waals surface area contributed by atoms with Crippen LogP contribution in [0.1, 0.15) is 12.8 Å². The van der Waals surface area contributed by atoms with Gasteiger partial charge in [-0.3, -0.25) is 9.59 Å². The van der Waals surface area contributed by atoms with Gasteiger partial charge in [-0.15, -0.1) is 0 Å². The molecule has 1 aromatic carbocycles. The number of hydrogen-bond acceptors (Lipinski definition) is 3. The summed E-state index contributed by atoms with van der Waals surface area (Å²) in [6.07, 6.45) is 1.25. The minimum Gasteiger partial charge on any atom is -0.344 e. The van der Waals surface area contributed by atoms with Crippen LogP contribution in [0.2, 0.25) is 0 Å². The van der Waals surface area contributed by atoms with Crippen molar-refractivity contribution in [3.05, 3.63) is 30.1 Å². The Balaban J connectivity index is 1.75. The van der Waals surface area contributed by atoms with Crippen molar-refractivity contribution in [1.82, 2.24) is 10.2 Å². The maximum atomic E-state index is 12.7. The molecule has 0 bridgehead atoms. The van der Waals surface area contributed by atoms with Crippen LogP contribution in [0.3, 0.4) is 0 Å². The number of anilines is 1. The molecule has 1 aliphatic rings. The molecule has 1 aliphatic heterocycles. The van der Waals surface area contributed by atoms with Gasteiger partial charge in [-0.05, 0) is 30.7 Å². The molecule has 1 heterocycles. The van der Waals surface area contributed by atoms with Gasteiger partial charge in [0.15, 0.2) is 0 Å². The van der Waals surface area contributed by atoms with Crippen molar-refractivity contribution in [3.63, 3.8) is 0 Å². The Morgan fingerprint density at radius 2 is 2.10 bits per heavy atom. The van der Waals surface area contributed by atoms with E-state index >= 15 is 0 Å². The first kappa shape index (κ1) is 14.5. The molecule has 1 fully saturated rings. The van der Waals surface area contributed by atoms with Gasteiger partial charge in [0.05, 0.1) is 6.54 Å². The zero-order valence-corrected chi connectivity index (χ0v) is 11.4. The fraction of sp³-hybridized carbons (Fsp3) is 0.429. The van der Waals surface area contributed by atoms with Crippen molar-refractivity contribution in [3.8, 4) is 0 Å². The van der Waals surface area contributed by atoms with Crippen molar-refractivity contribution in [2.24, 2.45) is 0 Å². The van der Waals surface area contributed by atoms with Crippen LogP contribution in [0.4, 0.5) is 10.1 Å². The van der Waals surface area contributed by atoms with Crippen LogP contribution in [0.25, 0.3) is 0 Å². The molecule has 0 aromatic heterocycles. The largest absolute Gasteiger partial charge is 0.344 e. The highest BCUT2D eigenvalue weighted by atomic mass is 19.1. The Morgan fingerprint density at radius 1 is 1.40 bits per heavy atom. The number of carbonyl (C=O) groups excluding carboxylic acids is 2. The summed E-state index contributed by atoms with van der Waals surface area (Å²) in [5.41, 5.74) is 0.564. The molecule has 0 spiro atoms. The van der Waals surface area contributed by atoms with Crippen LogP contribution < -0.4 is 10.6 Å². The highest BCUT2D eigenvalue weighted by Crippen LogP contribution is 2.10. The molecular formula is C14H18FN3O2. The molecule has 20 heavy (non-hydrogen) atoms. The lowest BCUT2D eigenvalue weighted by atomic mass is 10.1. The summed E-state index contributed by atoms with van der Waals surface area (Å²) in [6, 6.07) is 5.76. The van der Waals surface area contributed by atoms with E-state index in [0.29, 0.717) is 18.7 Å². The summed E-state index contributed by atoms with van der Waals surface area (Å²) in [6.45, 7) is 0.784. The Bertz CT molecular complexity index is 490. The van der Waals surface area contributed by atoms with Crippen LogP contribution in [0.15, 0.2) is 24.3 Å². The molecule has 1 atom stereocenters. The van der Waals surface area contributed by atoms with E-state index in [9.17, 15) is 14.0 Å². The molecule has 0 saturated carbocycles. The normalized spacial score (nSPS) is 19.0. The van der Waals surface area contributed by atoms with E-state index in [1.165, 1.54) is 24.3 Å². The van der Waals surface area contributed by atoms with E-state index in [4.69, 9.17) is 0 Å². The topological polar surface area (TPSA) is 61.4 Å². The minimum absolute atomic E-state index is 0.136. The summed E-state index contributed by atoms with van der Waals surface area (Å²) in [7, 11) is 1.76. The average Bonchev–Trinajstić information content (AvgIpc) is 2.43. The Hall–Kier alpha value is -1.95. The number of likely N-dealkylation sites (tertiary alicyclic amines) is 1. The van der Waals surface area contributed by atoms with Crippen molar-refractivity contribution in [1.29, 1.82) is 0 Å². The van der Waals surface area contributed by atoms with Gasteiger partial charge in [-0.1, -0.05) is 0 Å². The zero-order chi connectivity index (χ0) is 14.5. The molecule has 2 N–H and O–H groups in total. The lowest BCUT2D eigenvalue weighted by Crippen LogP contribution is -2.48. The Morgan fingerprint density at radius 3 is 2.75 bits per heavy atom. The first-order chi connectivity index (χ1) is 9.54. The maximum absolute atomic E-state index is 12.7. The summed E-state index contributed by atoms with van der Waals surface area (Å²) in [5.74, 6) is -0.383. The molecule has 5 nitrogen and oxygen atoms in total. The van der Waals surface area contributed by atoms with Crippen molar-refractivity contribution in [2.45, 2.75) is 18.9 Å². The van der Waals surface area contributed by atoms with Gasteiger partial charge in [0, 0.05) is 31.7 Å². The van der Waals surface area contributed by atoms with Gasteiger partial charge in [0.2, 0.25) is 11.8 Å². The first-order valence-corrected chi connectivity index (χ1v) is 6.57. The quantitative estimate of drug-likeness (QED) is 0.863. The molecule has 1 aromatic rings. The number of halogens is 1. The number of nitrogens with zero attached hydrogens (tertiary/aromatic N) is 1. The van der Waals surface area contributed by atoms with Crippen LogP contribution in [0, 0.1) is 5.82 Å². The number of rotatable bonds is 4. The Labute approximate surface area is 117 Å². The van der Waals surface area contributed by atoms with Crippen molar-refractivity contribution in [2.75, 3.05) is 25.5 Å². The lowest BCUT2D eigenvalue weighted by molar-refractivity contribution is -0.132. The van der Waals surface area contributed by atoms with Gasteiger partial charge in [0.25, 0.3) is 0 Å². The van der Waals surface area contributed by atoms with Gasteiger partial charge in [0.1, 0.15) is 5.82 Å². The van der Waals surface area contributed by atoms with Gasteiger partial charge >= 0.3 is 0 Å². The van der Waals surface area contributed by atoms with E-state index in [1.807, 2.05) is 0 Å². The van der Waals surface area contributed by atoms with Crippen LogP contribution in [-0.4, -0.2) is 42.9 Å². The summed E-state index contributed by atoms with van der Waals surface area (Å²) < 4.78 is 12.7. The van der Waals surface area contributed by atoms with Crippen LogP contribution >= 0.6 is 0 Å². The van der Waals surface area contributed by atoms with E-state index in [1.54, 1.807) is 11.9 Å². The number of likely N-dealkylation sites (N-methyl/N-ethyl adjacent to an activating group) is 1. The smallest absolute Gasteiger partial charge is 0.238 e. The zero-order valence-electron chi connectivity index (χ0n) is 11.4. The highest BCUT2D eigenvalue weighted by molar-refractivity contribution is 5.92. The second-order valence-corrected chi connectivity index (χ2v) is 4.95. The first-order valence-electron chi connectivity index (χ1n) is 6.57. The molecule has 2 amide bonds. The SMILES string of the molecule is CN1CC(NCC(=O)Nc2ccc(F)cc2)CCC1=O. The lowest BCUT2D eigenvalue weighted by Gasteiger charge is -2.30. The van der Waals surface area contributed by atoms with E-state index in [0.717, 1.165) is 6.42 Å². The number of nitrogens with one attached hydrogen (secondary N) is 2. The van der Waals surface area contributed by atoms with E-state index < -0.39 is 0 Å². The van der Waals surface area contributed by atoms with Crippen LogP contribution in [-0.2, 0) is 9.59 Å². The molecule has 108 valence electrons. The summed E-state index contributed by atoms with van der Waals surface area (Å²) in [4.78, 5) is 24.7. The van der Waals surface area contributed by atoms with Crippen molar-refractivity contribution < 1.29 is 14.0 Å². The predicted molar refractivity (Wildman–Crippen MR) is 73.7 cm³/mol. The number of piperidine rings is 1. The van der Waals surface area contributed by atoms with Crippen molar-refractivity contribution >= 4 is 17.5 Å². The van der Waals surface area contributed by atoms with E-state index in [2.05, 4.69) is 10.6 Å². The van der Waals surface area contributed by atoms with Crippen LogP contribution in [0.5, 0.6) is 0 Å². The maximum Gasteiger partial charge on any atom is 0.238 e. The molecule has 0 aliphatic carbocycles. The number of benzene rings is 1. The Kier molecular flexibility index (Phi) is 4.68. The summed E-state index contributed by atoms with van der Waals surface area (Å²) >= 11 is 0. The molecular weight excluding hydrogens is 261 g/mol. The third-order valence-corrected chi connectivity index (χ3v) is 3.31. The molecule has 6 heteroatoms. The fourth-order valence-electron chi connectivity index (χ4n) is 2.15. The van der Waals surface area contributed by atoms with Gasteiger partial charge < -0.3 is 15.5 Å². The molecule has 1 saturated heterocycles. The third kappa shape index (κ3) is 4.03. The highest BCUT2D eigenvalue weighted by Gasteiger charge is 2.22. The predicted octanol–water partition coefficient (Wildman–Crippen LogP) is 0.975. The third-order valence-electron chi connectivity index (χ3n) is 3.31. The van der Waals surface area contributed by atoms with E-state index in [-0.39, 0.29) is 30.2 Å². The molecule has 0 radical (unpaired) electrons. The standard InChI is InChI=1S/C14H18FN3O2/c1-18-9-12(6-7-14(18)20)16-8-13(19)17-11-4-2-10(15)3-5-11/h2-5,12,16H,6-9H2,1H3,(H,17,19). The second kappa shape index (κ2) is 6.47. The number of carbonyl (C=O) groups is 2.